The van der Waals surface area contributed by atoms with Crippen LogP contribution in [0.3, 0.4) is 0 Å². The van der Waals surface area contributed by atoms with Gasteiger partial charge in [-0.1, -0.05) is 18.2 Å². The monoisotopic (exact) mass is 366 g/mol. The number of ether oxygens (including phenoxy) is 2. The summed E-state index contributed by atoms with van der Waals surface area (Å²) in [5.74, 6) is 1.52. The molecule has 27 heavy (non-hydrogen) atoms. The highest BCUT2D eigenvalue weighted by Crippen LogP contribution is 2.56. The maximum absolute atomic E-state index is 12.8. The van der Waals surface area contributed by atoms with Crippen LogP contribution >= 0.6 is 0 Å². The van der Waals surface area contributed by atoms with E-state index in [9.17, 15) is 4.79 Å². The third-order valence-corrected chi connectivity index (χ3v) is 6.61. The lowest BCUT2D eigenvalue weighted by Crippen LogP contribution is -2.38. The summed E-state index contributed by atoms with van der Waals surface area (Å²) in [4.78, 5) is 12.8. The van der Waals surface area contributed by atoms with Gasteiger partial charge in [0.1, 0.15) is 17.0 Å². The fourth-order valence-corrected chi connectivity index (χ4v) is 5.36. The highest BCUT2D eigenvalue weighted by molar-refractivity contribution is 5.78. The summed E-state index contributed by atoms with van der Waals surface area (Å²) in [6, 6.07) is 6.29. The molecule has 1 unspecified atom stereocenters. The van der Waals surface area contributed by atoms with Crippen molar-refractivity contribution in [2.75, 3.05) is 0 Å². The zero-order chi connectivity index (χ0) is 19.4. The van der Waals surface area contributed by atoms with E-state index in [0.29, 0.717) is 0 Å². The Kier molecular flexibility index (Phi) is 4.25. The van der Waals surface area contributed by atoms with Gasteiger partial charge in [-0.2, -0.15) is 0 Å². The van der Waals surface area contributed by atoms with Crippen LogP contribution in [0, 0.1) is 17.8 Å². The van der Waals surface area contributed by atoms with Crippen LogP contribution in [0.1, 0.15) is 57.1 Å². The molecule has 0 radical (unpaired) electrons. The van der Waals surface area contributed by atoms with Gasteiger partial charge >= 0.3 is 5.97 Å². The Labute approximate surface area is 162 Å². The zero-order valence-electron chi connectivity index (χ0n) is 16.7. The van der Waals surface area contributed by atoms with Crippen molar-refractivity contribution in [1.82, 2.24) is 0 Å². The summed E-state index contributed by atoms with van der Waals surface area (Å²) < 4.78 is 12.1. The second-order valence-corrected chi connectivity index (χ2v) is 9.33. The molecule has 0 amide bonds. The van der Waals surface area contributed by atoms with Crippen molar-refractivity contribution in [2.45, 2.75) is 63.6 Å². The molecule has 1 saturated carbocycles. The van der Waals surface area contributed by atoms with Crippen molar-refractivity contribution in [2.24, 2.45) is 17.8 Å². The maximum Gasteiger partial charge on any atom is 0.310 e. The van der Waals surface area contributed by atoms with E-state index in [1.165, 1.54) is 11.1 Å². The molecule has 144 valence electrons. The van der Waals surface area contributed by atoms with E-state index in [1.54, 1.807) is 0 Å². The molecular formula is C24H30O3. The van der Waals surface area contributed by atoms with E-state index in [-0.39, 0.29) is 35.2 Å². The van der Waals surface area contributed by atoms with Gasteiger partial charge in [-0.05, 0) is 63.3 Å². The summed E-state index contributed by atoms with van der Waals surface area (Å²) >= 11 is 0. The van der Waals surface area contributed by atoms with Crippen LogP contribution in [0.15, 0.2) is 43.5 Å². The van der Waals surface area contributed by atoms with Crippen LogP contribution in [-0.4, -0.2) is 17.2 Å². The van der Waals surface area contributed by atoms with Gasteiger partial charge in [0.2, 0.25) is 0 Å². The Hall–Kier alpha value is -2.03. The van der Waals surface area contributed by atoms with Crippen molar-refractivity contribution in [3.63, 3.8) is 0 Å². The zero-order valence-corrected chi connectivity index (χ0v) is 16.7. The van der Waals surface area contributed by atoms with E-state index in [1.807, 2.05) is 18.2 Å². The fourth-order valence-electron chi connectivity index (χ4n) is 5.36. The SMILES string of the molecule is C=C[C@@H]1CC[C@@H](C=C)C12C[C@@H](C1Cc3cc(OC(C)(C)C)ccc31)C(=O)O2. The molecule has 2 aliphatic carbocycles. The molecular weight excluding hydrogens is 336 g/mol. The summed E-state index contributed by atoms with van der Waals surface area (Å²) in [5, 5.41) is 0. The normalized spacial score (nSPS) is 31.1. The number of hydrogen-bond donors (Lipinski definition) is 0. The van der Waals surface area contributed by atoms with Crippen LogP contribution in [0.25, 0.3) is 0 Å². The number of rotatable bonds is 4. The molecule has 3 nitrogen and oxygen atoms in total. The van der Waals surface area contributed by atoms with Crippen LogP contribution in [0.5, 0.6) is 5.75 Å². The van der Waals surface area contributed by atoms with Gasteiger partial charge in [0.25, 0.3) is 0 Å². The maximum atomic E-state index is 12.8. The summed E-state index contributed by atoms with van der Waals surface area (Å²) in [7, 11) is 0. The van der Waals surface area contributed by atoms with E-state index in [0.717, 1.165) is 31.4 Å². The molecule has 4 rings (SSSR count). The van der Waals surface area contributed by atoms with E-state index in [4.69, 9.17) is 9.47 Å². The number of carbonyl (C=O) groups excluding carboxylic acids is 1. The van der Waals surface area contributed by atoms with Crippen molar-refractivity contribution in [3.8, 4) is 5.75 Å². The van der Waals surface area contributed by atoms with Crippen LogP contribution in [0.2, 0.25) is 0 Å². The first-order chi connectivity index (χ1) is 12.8. The number of carbonyl (C=O) groups is 1. The summed E-state index contributed by atoms with van der Waals surface area (Å²) in [6.45, 7) is 14.1. The predicted octanol–water partition coefficient (Wildman–Crippen LogP) is 5.20. The molecule has 3 aliphatic rings. The minimum Gasteiger partial charge on any atom is -0.488 e. The minimum atomic E-state index is -0.420. The Bertz CT molecular complexity index is 769. The van der Waals surface area contributed by atoms with Gasteiger partial charge in [-0.15, -0.1) is 13.2 Å². The average molecular weight is 367 g/mol. The van der Waals surface area contributed by atoms with E-state index >= 15 is 0 Å². The Morgan fingerprint density at radius 2 is 1.81 bits per heavy atom. The van der Waals surface area contributed by atoms with Crippen molar-refractivity contribution >= 4 is 5.97 Å². The third kappa shape index (κ3) is 2.92. The average Bonchev–Trinajstić information content (AvgIpc) is 3.08. The van der Waals surface area contributed by atoms with Gasteiger partial charge in [0.15, 0.2) is 0 Å². The number of fused-ring (bicyclic) bond motifs is 1. The predicted molar refractivity (Wildman–Crippen MR) is 107 cm³/mol. The topological polar surface area (TPSA) is 35.5 Å². The summed E-state index contributed by atoms with van der Waals surface area (Å²) in [5.41, 5.74) is 1.94. The molecule has 3 heteroatoms. The molecule has 1 aromatic rings. The highest BCUT2D eigenvalue weighted by Gasteiger charge is 2.59. The van der Waals surface area contributed by atoms with Gasteiger partial charge in [-0.25, -0.2) is 0 Å². The van der Waals surface area contributed by atoms with E-state index in [2.05, 4.69) is 46.1 Å². The lowest BCUT2D eigenvalue weighted by Gasteiger charge is -2.35. The quantitative estimate of drug-likeness (QED) is 0.542. The van der Waals surface area contributed by atoms with Crippen LogP contribution < -0.4 is 4.74 Å². The van der Waals surface area contributed by atoms with Gasteiger partial charge in [0, 0.05) is 24.2 Å². The molecule has 1 aromatic carbocycles. The first-order valence-corrected chi connectivity index (χ1v) is 10.1. The Morgan fingerprint density at radius 1 is 1.15 bits per heavy atom. The largest absolute Gasteiger partial charge is 0.488 e. The number of esters is 1. The number of benzene rings is 1. The van der Waals surface area contributed by atoms with Gasteiger partial charge in [-0.3, -0.25) is 4.79 Å². The fraction of sp³-hybridized carbons (Fsp3) is 0.542. The Balaban J connectivity index is 1.55. The second kappa shape index (κ2) is 6.25. The molecule has 4 atom stereocenters. The number of hydrogen-bond acceptors (Lipinski definition) is 3. The van der Waals surface area contributed by atoms with E-state index < -0.39 is 5.60 Å². The lowest BCUT2D eigenvalue weighted by molar-refractivity contribution is -0.154. The smallest absolute Gasteiger partial charge is 0.310 e. The first-order valence-electron chi connectivity index (χ1n) is 10.1. The van der Waals surface area contributed by atoms with Gasteiger partial charge < -0.3 is 9.47 Å². The molecule has 0 bridgehead atoms. The van der Waals surface area contributed by atoms with Crippen LogP contribution in [-0.2, 0) is 16.0 Å². The standard InChI is InChI=1S/C24H30O3/c1-6-16-8-9-17(7-2)24(16)14-21(22(25)27-24)20-13-15-12-18(10-11-19(15)20)26-23(3,4)5/h6-7,10-12,16-17,20-21H,1-2,8-9,13-14H2,3-5H3/t16-,17-,20?,21+/m1/s1. The van der Waals surface area contributed by atoms with Crippen LogP contribution in [0.4, 0.5) is 0 Å². The molecule has 1 heterocycles. The van der Waals surface area contributed by atoms with Crippen molar-refractivity contribution in [3.05, 3.63) is 54.6 Å². The van der Waals surface area contributed by atoms with Gasteiger partial charge in [0.05, 0.1) is 5.92 Å². The van der Waals surface area contributed by atoms with Crippen molar-refractivity contribution < 1.29 is 14.3 Å². The highest BCUT2D eigenvalue weighted by atomic mass is 16.6. The molecule has 0 aromatic heterocycles. The lowest BCUT2D eigenvalue weighted by atomic mass is 9.67. The third-order valence-electron chi connectivity index (χ3n) is 6.61. The molecule has 1 aliphatic heterocycles. The first kappa shape index (κ1) is 18.3. The molecule has 2 fully saturated rings. The minimum absolute atomic E-state index is 0.0405. The second-order valence-electron chi connectivity index (χ2n) is 9.33. The van der Waals surface area contributed by atoms with Crippen molar-refractivity contribution in [1.29, 1.82) is 0 Å². The molecule has 1 saturated heterocycles. The molecule has 1 spiro atoms. The Morgan fingerprint density at radius 3 is 2.37 bits per heavy atom. The summed E-state index contributed by atoms with van der Waals surface area (Å²) in [6.07, 6.45) is 7.70. The molecule has 0 N–H and O–H groups in total.